The zero-order chi connectivity index (χ0) is 39.4. The Morgan fingerprint density at radius 3 is 1.05 bits per heavy atom. The van der Waals surface area contributed by atoms with E-state index < -0.39 is 0 Å². The first kappa shape index (κ1) is 34.7. The Morgan fingerprint density at radius 1 is 0.293 bits per heavy atom. The van der Waals surface area contributed by atoms with E-state index >= 15 is 0 Å². The number of hydrogen-bond donors (Lipinski definition) is 0. The van der Waals surface area contributed by atoms with Crippen LogP contribution in [-0.2, 0) is 0 Å². The summed E-state index contributed by atoms with van der Waals surface area (Å²) in [6.45, 7) is 13.6. The van der Waals surface area contributed by atoms with Crippen LogP contribution in [0.5, 0.6) is 0 Å². The molecule has 11 rings (SSSR count). The fraction of sp³-hybridized carbons (Fsp3) is 0.138. The minimum absolute atomic E-state index is 0.449. The molecule has 2 aliphatic rings. The average molecular weight is 743 g/mol. The standard InChI is InChI=1S/C58H46/c1-33(2)37-15-11-17-39(31-37)43-23-24-44(40-18-12-16-38(32-40)34(3)4)54-48-26-28-50-56-49(27-25-47(53(43)54)55(48)56)57-51(41-19-9-13-35(5)29-41)45-21-7-8-22-46(45)52(58(50)57)42-20-10-14-36(6)30-42/h7-34H,1-6H3. The Balaban J connectivity index is 1.28. The predicted octanol–water partition coefficient (Wildman–Crippen LogP) is 16.8. The van der Waals surface area contributed by atoms with Crippen LogP contribution in [0, 0.1) is 13.8 Å². The van der Waals surface area contributed by atoms with Crippen molar-refractivity contribution in [1.82, 2.24) is 0 Å². The summed E-state index contributed by atoms with van der Waals surface area (Å²) in [5.74, 6) is 0.898. The lowest BCUT2D eigenvalue weighted by molar-refractivity contribution is 0.867. The smallest absolute Gasteiger partial charge is 0.000740 e. The van der Waals surface area contributed by atoms with Crippen LogP contribution in [0.4, 0.5) is 0 Å². The molecule has 0 saturated heterocycles. The van der Waals surface area contributed by atoms with Gasteiger partial charge in [-0.25, -0.2) is 0 Å². The third kappa shape index (κ3) is 5.07. The minimum Gasteiger partial charge on any atom is -0.0616 e. The third-order valence-electron chi connectivity index (χ3n) is 13.0. The highest BCUT2D eigenvalue weighted by molar-refractivity contribution is 6.33. The maximum absolute atomic E-state index is 2.46. The monoisotopic (exact) mass is 742 g/mol. The second kappa shape index (κ2) is 13.0. The molecule has 0 amide bonds. The fourth-order valence-corrected chi connectivity index (χ4v) is 10.3. The van der Waals surface area contributed by atoms with Gasteiger partial charge in [0.2, 0.25) is 0 Å². The maximum atomic E-state index is 2.46. The zero-order valence-corrected chi connectivity index (χ0v) is 34.2. The molecule has 0 aliphatic heterocycles. The summed E-state index contributed by atoms with van der Waals surface area (Å²) in [6.07, 6.45) is 0. The van der Waals surface area contributed by atoms with E-state index in [1.165, 1.54) is 133 Å². The van der Waals surface area contributed by atoms with Crippen molar-refractivity contribution in [2.24, 2.45) is 0 Å². The van der Waals surface area contributed by atoms with Crippen molar-refractivity contribution in [3.05, 3.63) is 180 Å². The lowest BCUT2D eigenvalue weighted by Crippen LogP contribution is -1.94. The van der Waals surface area contributed by atoms with E-state index in [-0.39, 0.29) is 0 Å². The summed E-state index contributed by atoms with van der Waals surface area (Å²) < 4.78 is 0. The number of hydrogen-bond acceptors (Lipinski definition) is 0. The summed E-state index contributed by atoms with van der Waals surface area (Å²) >= 11 is 0. The van der Waals surface area contributed by atoms with Crippen LogP contribution in [0.2, 0.25) is 0 Å². The van der Waals surface area contributed by atoms with E-state index in [2.05, 4.69) is 199 Å². The summed E-state index contributed by atoms with van der Waals surface area (Å²) in [5.41, 5.74) is 26.4. The Morgan fingerprint density at radius 2 is 0.655 bits per heavy atom. The topological polar surface area (TPSA) is 0 Å². The van der Waals surface area contributed by atoms with E-state index in [4.69, 9.17) is 0 Å². The van der Waals surface area contributed by atoms with Gasteiger partial charge in [-0.05, 0) is 147 Å². The van der Waals surface area contributed by atoms with Gasteiger partial charge < -0.3 is 0 Å². The average Bonchev–Trinajstić information content (AvgIpc) is 3.75. The first-order chi connectivity index (χ1) is 28.3. The summed E-state index contributed by atoms with van der Waals surface area (Å²) in [4.78, 5) is 0. The molecule has 58 heavy (non-hydrogen) atoms. The normalized spacial score (nSPS) is 12.3. The number of benzene rings is 9. The third-order valence-corrected chi connectivity index (χ3v) is 13.0. The molecule has 2 aliphatic carbocycles. The molecular weight excluding hydrogens is 697 g/mol. The van der Waals surface area contributed by atoms with Gasteiger partial charge >= 0.3 is 0 Å². The number of aryl methyl sites for hydroxylation is 2. The van der Waals surface area contributed by atoms with Crippen molar-refractivity contribution in [3.63, 3.8) is 0 Å². The van der Waals surface area contributed by atoms with Crippen molar-refractivity contribution >= 4 is 21.5 Å². The van der Waals surface area contributed by atoms with Gasteiger partial charge in [0.25, 0.3) is 0 Å². The molecule has 0 nitrogen and oxygen atoms in total. The largest absolute Gasteiger partial charge is 0.0616 e. The number of rotatable bonds is 6. The van der Waals surface area contributed by atoms with Crippen LogP contribution in [0.1, 0.15) is 61.8 Å². The molecular formula is C58H46. The van der Waals surface area contributed by atoms with Crippen molar-refractivity contribution in [2.75, 3.05) is 0 Å². The second-order valence-electron chi connectivity index (χ2n) is 17.3. The molecule has 0 saturated carbocycles. The Labute approximate surface area is 342 Å². The molecule has 9 aromatic carbocycles. The molecule has 0 N–H and O–H groups in total. The molecule has 0 aromatic heterocycles. The van der Waals surface area contributed by atoms with Gasteiger partial charge in [-0.15, -0.1) is 0 Å². The van der Waals surface area contributed by atoms with E-state index in [0.717, 1.165) is 0 Å². The van der Waals surface area contributed by atoms with Gasteiger partial charge in [0.15, 0.2) is 0 Å². The van der Waals surface area contributed by atoms with Crippen LogP contribution < -0.4 is 0 Å². The van der Waals surface area contributed by atoms with E-state index in [9.17, 15) is 0 Å². The molecule has 9 aromatic rings. The van der Waals surface area contributed by atoms with Crippen molar-refractivity contribution < 1.29 is 0 Å². The van der Waals surface area contributed by atoms with Gasteiger partial charge in [0.1, 0.15) is 0 Å². The van der Waals surface area contributed by atoms with E-state index in [1.54, 1.807) is 0 Å². The van der Waals surface area contributed by atoms with E-state index in [0.29, 0.717) is 11.8 Å². The Hall–Kier alpha value is -6.50. The second-order valence-corrected chi connectivity index (χ2v) is 17.3. The summed E-state index contributed by atoms with van der Waals surface area (Å²) in [5, 5.41) is 5.35. The lowest BCUT2D eigenvalue weighted by Gasteiger charge is -2.21. The highest BCUT2D eigenvalue weighted by atomic mass is 14.4. The summed E-state index contributed by atoms with van der Waals surface area (Å²) in [6, 6.07) is 60.4. The molecule has 0 radical (unpaired) electrons. The van der Waals surface area contributed by atoms with Crippen molar-refractivity contribution in [3.8, 4) is 89.0 Å². The quantitative estimate of drug-likeness (QED) is 0.159. The minimum atomic E-state index is 0.449. The predicted molar refractivity (Wildman–Crippen MR) is 250 cm³/mol. The molecule has 0 bridgehead atoms. The lowest BCUT2D eigenvalue weighted by atomic mass is 9.82. The van der Waals surface area contributed by atoms with Gasteiger partial charge in [0, 0.05) is 0 Å². The van der Waals surface area contributed by atoms with Gasteiger partial charge in [-0.1, -0.05) is 197 Å². The molecule has 0 spiro atoms. The Bertz CT molecular complexity index is 2980. The Kier molecular flexibility index (Phi) is 7.79. The van der Waals surface area contributed by atoms with E-state index in [1.807, 2.05) is 0 Å². The molecule has 0 unspecified atom stereocenters. The van der Waals surface area contributed by atoms with Crippen LogP contribution >= 0.6 is 0 Å². The highest BCUT2D eigenvalue weighted by Gasteiger charge is 2.36. The molecule has 0 heteroatoms. The summed E-state index contributed by atoms with van der Waals surface area (Å²) in [7, 11) is 0. The van der Waals surface area contributed by atoms with Gasteiger partial charge in [-0.2, -0.15) is 0 Å². The fourth-order valence-electron chi connectivity index (χ4n) is 10.3. The van der Waals surface area contributed by atoms with Crippen LogP contribution in [0.15, 0.2) is 158 Å². The zero-order valence-electron chi connectivity index (χ0n) is 34.2. The highest BCUT2D eigenvalue weighted by Crippen LogP contribution is 2.63. The van der Waals surface area contributed by atoms with Gasteiger partial charge in [0.05, 0.1) is 0 Å². The van der Waals surface area contributed by atoms with Crippen molar-refractivity contribution in [1.29, 1.82) is 0 Å². The molecule has 0 atom stereocenters. The SMILES string of the molecule is Cc1cccc(-c2c3c(c(-c4cccc(C)c4)c4ccccc24)-c2ccc4c5c(ccc-3c25)-c2c(-c3cccc(C(C)C)c3)ccc(-c3cccc(C(C)C)c3)c2-4)c1. The van der Waals surface area contributed by atoms with Gasteiger partial charge in [-0.3, -0.25) is 0 Å². The number of fused-ring (bicyclic) bond motifs is 7. The van der Waals surface area contributed by atoms with Crippen LogP contribution in [-0.4, -0.2) is 0 Å². The maximum Gasteiger partial charge on any atom is -0.000740 e. The first-order valence-corrected chi connectivity index (χ1v) is 21.0. The van der Waals surface area contributed by atoms with Crippen LogP contribution in [0.25, 0.3) is 111 Å². The van der Waals surface area contributed by atoms with Crippen LogP contribution in [0.3, 0.4) is 0 Å². The first-order valence-electron chi connectivity index (χ1n) is 21.0. The molecule has 0 heterocycles. The van der Waals surface area contributed by atoms with Crippen molar-refractivity contribution in [2.45, 2.75) is 53.4 Å². The molecule has 278 valence electrons. The molecule has 0 fully saturated rings.